The van der Waals surface area contributed by atoms with Crippen LogP contribution in [0.5, 0.6) is 0 Å². The van der Waals surface area contributed by atoms with E-state index in [0.29, 0.717) is 6.42 Å². The number of nitriles is 1. The Bertz CT molecular complexity index is 681. The summed E-state index contributed by atoms with van der Waals surface area (Å²) in [5.41, 5.74) is 3.08. The van der Waals surface area contributed by atoms with E-state index in [4.69, 9.17) is 5.26 Å². The molecule has 0 saturated carbocycles. The van der Waals surface area contributed by atoms with Crippen LogP contribution in [-0.4, -0.2) is 35.8 Å². The number of rotatable bonds is 3. The van der Waals surface area contributed by atoms with Crippen LogP contribution < -0.4 is 10.6 Å². The number of nitrogens with zero attached hydrogens (tertiary/aromatic N) is 4. The Labute approximate surface area is 123 Å². The highest BCUT2D eigenvalue weighted by molar-refractivity contribution is 6.09. The second kappa shape index (κ2) is 5.19. The van der Waals surface area contributed by atoms with E-state index in [1.54, 1.807) is 7.05 Å². The van der Waals surface area contributed by atoms with Gasteiger partial charge in [0.05, 0.1) is 18.7 Å². The van der Waals surface area contributed by atoms with Crippen molar-refractivity contribution >= 4 is 11.4 Å². The molecule has 0 unspecified atom stereocenters. The Kier molecular flexibility index (Phi) is 3.35. The SMILES string of the molecule is CN=C1NC=C/C1=C(/C)c1cnn(C2(CC#N)CNC2)c1. The molecule has 1 fully saturated rings. The van der Waals surface area contributed by atoms with Crippen molar-refractivity contribution in [3.63, 3.8) is 0 Å². The van der Waals surface area contributed by atoms with Gasteiger partial charge in [-0.1, -0.05) is 0 Å². The van der Waals surface area contributed by atoms with E-state index in [0.717, 1.165) is 35.6 Å². The van der Waals surface area contributed by atoms with Crippen molar-refractivity contribution < 1.29 is 0 Å². The Morgan fingerprint density at radius 2 is 2.38 bits per heavy atom. The number of aliphatic imine (C=N–C) groups is 1. The summed E-state index contributed by atoms with van der Waals surface area (Å²) < 4.78 is 1.93. The summed E-state index contributed by atoms with van der Waals surface area (Å²) in [7, 11) is 1.77. The highest BCUT2D eigenvalue weighted by atomic mass is 15.4. The minimum Gasteiger partial charge on any atom is -0.346 e. The van der Waals surface area contributed by atoms with Gasteiger partial charge >= 0.3 is 0 Å². The fourth-order valence-electron chi connectivity index (χ4n) is 2.71. The monoisotopic (exact) mass is 282 g/mol. The summed E-state index contributed by atoms with van der Waals surface area (Å²) >= 11 is 0. The van der Waals surface area contributed by atoms with Crippen LogP contribution in [0, 0.1) is 11.3 Å². The molecule has 108 valence electrons. The first-order chi connectivity index (χ1) is 10.2. The van der Waals surface area contributed by atoms with E-state index < -0.39 is 0 Å². The first-order valence-electron chi connectivity index (χ1n) is 6.94. The molecule has 0 aliphatic carbocycles. The summed E-state index contributed by atoms with van der Waals surface area (Å²) in [6.07, 6.45) is 8.27. The zero-order valence-corrected chi connectivity index (χ0v) is 12.2. The maximum atomic E-state index is 9.02. The molecule has 21 heavy (non-hydrogen) atoms. The lowest BCUT2D eigenvalue weighted by Crippen LogP contribution is -2.60. The van der Waals surface area contributed by atoms with Gasteiger partial charge in [0.1, 0.15) is 11.4 Å². The number of allylic oxidation sites excluding steroid dienone is 1. The molecule has 6 nitrogen and oxygen atoms in total. The number of hydrogen-bond donors (Lipinski definition) is 2. The van der Waals surface area contributed by atoms with Crippen LogP contribution in [0.4, 0.5) is 0 Å². The van der Waals surface area contributed by atoms with Gasteiger partial charge in [-0.15, -0.1) is 0 Å². The average molecular weight is 282 g/mol. The normalized spacial score (nSPS) is 23.6. The number of aromatic nitrogens is 2. The Balaban J connectivity index is 1.94. The van der Waals surface area contributed by atoms with Gasteiger partial charge in [0.2, 0.25) is 0 Å². The van der Waals surface area contributed by atoms with E-state index in [2.05, 4.69) is 33.7 Å². The van der Waals surface area contributed by atoms with Gasteiger partial charge in [-0.2, -0.15) is 10.4 Å². The van der Waals surface area contributed by atoms with Crippen LogP contribution in [-0.2, 0) is 5.54 Å². The molecule has 0 atom stereocenters. The van der Waals surface area contributed by atoms with Gasteiger partial charge in [0.15, 0.2) is 0 Å². The Morgan fingerprint density at radius 1 is 1.57 bits per heavy atom. The standard InChI is InChI=1S/C15H18N6/c1-11(13-3-6-19-14(13)17-2)12-7-20-21(8-12)15(4-5-16)9-18-10-15/h3,6-8,18H,4,9-10H2,1-2H3,(H,17,19)/b13-11+. The van der Waals surface area contributed by atoms with E-state index in [9.17, 15) is 0 Å². The molecular weight excluding hydrogens is 264 g/mol. The molecule has 2 N–H and O–H groups in total. The predicted molar refractivity (Wildman–Crippen MR) is 81.5 cm³/mol. The number of hydrogen-bond acceptors (Lipinski definition) is 4. The molecule has 0 radical (unpaired) electrons. The van der Waals surface area contributed by atoms with Crippen molar-refractivity contribution in [2.45, 2.75) is 18.9 Å². The Morgan fingerprint density at radius 3 is 3.00 bits per heavy atom. The van der Waals surface area contributed by atoms with Crippen molar-refractivity contribution in [2.75, 3.05) is 20.1 Å². The van der Waals surface area contributed by atoms with Gasteiger partial charge in [-0.25, -0.2) is 0 Å². The Hall–Kier alpha value is -2.39. The third-order valence-electron chi connectivity index (χ3n) is 4.17. The van der Waals surface area contributed by atoms with Crippen molar-refractivity contribution in [3.05, 3.63) is 35.8 Å². The highest BCUT2D eigenvalue weighted by Gasteiger charge is 2.39. The van der Waals surface area contributed by atoms with Crippen LogP contribution >= 0.6 is 0 Å². The zero-order valence-electron chi connectivity index (χ0n) is 12.2. The average Bonchev–Trinajstić information content (AvgIpc) is 3.10. The second-order valence-electron chi connectivity index (χ2n) is 5.42. The minimum atomic E-state index is -0.191. The van der Waals surface area contributed by atoms with E-state index >= 15 is 0 Å². The van der Waals surface area contributed by atoms with Crippen LogP contribution in [0.3, 0.4) is 0 Å². The van der Waals surface area contributed by atoms with Crippen LogP contribution in [0.25, 0.3) is 5.57 Å². The largest absolute Gasteiger partial charge is 0.346 e. The molecule has 3 heterocycles. The molecular formula is C15H18N6. The van der Waals surface area contributed by atoms with Gasteiger partial charge in [-0.3, -0.25) is 9.67 Å². The number of nitrogens with one attached hydrogen (secondary N) is 2. The van der Waals surface area contributed by atoms with Crippen LogP contribution in [0.15, 0.2) is 35.2 Å². The third kappa shape index (κ3) is 2.16. The molecule has 1 saturated heterocycles. The lowest BCUT2D eigenvalue weighted by molar-refractivity contribution is 0.160. The zero-order chi connectivity index (χ0) is 14.9. The summed E-state index contributed by atoms with van der Waals surface area (Å²) in [6, 6.07) is 2.27. The van der Waals surface area contributed by atoms with Gasteiger partial charge in [0, 0.05) is 43.7 Å². The van der Waals surface area contributed by atoms with E-state index in [1.807, 2.05) is 29.4 Å². The second-order valence-corrected chi connectivity index (χ2v) is 5.42. The summed E-state index contributed by atoms with van der Waals surface area (Å²) in [4.78, 5) is 4.23. The fraction of sp³-hybridized carbons (Fsp3) is 0.400. The summed E-state index contributed by atoms with van der Waals surface area (Å²) in [5.74, 6) is 0.872. The number of amidine groups is 1. The maximum Gasteiger partial charge on any atom is 0.132 e. The van der Waals surface area contributed by atoms with Gasteiger partial charge in [0.25, 0.3) is 0 Å². The molecule has 2 aliphatic rings. The van der Waals surface area contributed by atoms with E-state index in [-0.39, 0.29) is 5.54 Å². The highest BCUT2D eigenvalue weighted by Crippen LogP contribution is 2.28. The van der Waals surface area contributed by atoms with Crippen LogP contribution in [0.1, 0.15) is 18.9 Å². The summed E-state index contributed by atoms with van der Waals surface area (Å²) in [6.45, 7) is 3.65. The van der Waals surface area contributed by atoms with Crippen molar-refractivity contribution in [2.24, 2.45) is 4.99 Å². The van der Waals surface area contributed by atoms with E-state index in [1.165, 1.54) is 0 Å². The molecule has 0 spiro atoms. The minimum absolute atomic E-state index is 0.191. The molecule has 1 aromatic heterocycles. The maximum absolute atomic E-state index is 9.02. The molecule has 3 rings (SSSR count). The van der Waals surface area contributed by atoms with Crippen molar-refractivity contribution in [1.29, 1.82) is 5.26 Å². The first-order valence-corrected chi connectivity index (χ1v) is 6.94. The molecule has 6 heteroatoms. The third-order valence-corrected chi connectivity index (χ3v) is 4.17. The van der Waals surface area contributed by atoms with Gasteiger partial charge < -0.3 is 10.6 Å². The topological polar surface area (TPSA) is 78.0 Å². The first kappa shape index (κ1) is 13.6. The molecule has 0 amide bonds. The smallest absolute Gasteiger partial charge is 0.132 e. The fourth-order valence-corrected chi connectivity index (χ4v) is 2.71. The quantitative estimate of drug-likeness (QED) is 0.867. The molecule has 0 aromatic carbocycles. The lowest BCUT2D eigenvalue weighted by atomic mass is 9.89. The molecule has 1 aromatic rings. The van der Waals surface area contributed by atoms with Crippen molar-refractivity contribution in [3.8, 4) is 6.07 Å². The summed E-state index contributed by atoms with van der Waals surface area (Å²) in [5, 5.41) is 19.9. The van der Waals surface area contributed by atoms with Crippen LogP contribution in [0.2, 0.25) is 0 Å². The van der Waals surface area contributed by atoms with Crippen molar-refractivity contribution in [1.82, 2.24) is 20.4 Å². The van der Waals surface area contributed by atoms with Gasteiger partial charge in [-0.05, 0) is 18.6 Å². The molecule has 2 aliphatic heterocycles. The predicted octanol–water partition coefficient (Wildman–Crippen LogP) is 1.01. The molecule has 0 bridgehead atoms. The lowest BCUT2D eigenvalue weighted by Gasteiger charge is -2.41.